The van der Waals surface area contributed by atoms with E-state index < -0.39 is 0 Å². The number of carbonyl (C=O) groups excluding carboxylic acids is 1. The molecular weight excluding hydrogens is 156 g/mol. The number of aryl methyl sites for hydroxylation is 1. The number of amides is 1. The third-order valence-electron chi connectivity index (χ3n) is 1.09. The molecule has 0 aliphatic carbocycles. The lowest BCUT2D eigenvalue weighted by atomic mass is 10.4. The first-order valence-electron chi connectivity index (χ1n) is 3.89. The molecule has 0 fully saturated rings. The lowest BCUT2D eigenvalue weighted by Gasteiger charge is -1.88. The standard InChI is InChI=1S/C6H8N2O2.C2H6/c1-4-3-5(8-10-4)6(9)7-2;1-2/h3H,1-2H3,(H,7,9);1-2H3. The molecule has 0 atom stereocenters. The van der Waals surface area contributed by atoms with Gasteiger partial charge in [-0.3, -0.25) is 4.79 Å². The molecule has 4 heteroatoms. The fourth-order valence-electron chi connectivity index (χ4n) is 0.601. The van der Waals surface area contributed by atoms with E-state index in [4.69, 9.17) is 0 Å². The van der Waals surface area contributed by atoms with Crippen molar-refractivity contribution in [3.63, 3.8) is 0 Å². The predicted molar refractivity (Wildman–Crippen MR) is 46.0 cm³/mol. The van der Waals surface area contributed by atoms with E-state index in [9.17, 15) is 4.79 Å². The SMILES string of the molecule is CC.CNC(=O)c1cc(C)on1. The van der Waals surface area contributed by atoms with E-state index in [0.29, 0.717) is 11.5 Å². The third-order valence-corrected chi connectivity index (χ3v) is 1.09. The zero-order valence-electron chi connectivity index (χ0n) is 7.84. The smallest absolute Gasteiger partial charge is 0.273 e. The molecule has 1 aromatic heterocycles. The van der Waals surface area contributed by atoms with Crippen LogP contribution in [0.5, 0.6) is 0 Å². The molecule has 0 aromatic carbocycles. The monoisotopic (exact) mass is 170 g/mol. The van der Waals surface area contributed by atoms with Crippen molar-refractivity contribution in [2.75, 3.05) is 7.05 Å². The molecule has 4 nitrogen and oxygen atoms in total. The average molecular weight is 170 g/mol. The zero-order valence-corrected chi connectivity index (χ0v) is 7.84. The van der Waals surface area contributed by atoms with Gasteiger partial charge in [0.2, 0.25) is 0 Å². The van der Waals surface area contributed by atoms with Crippen molar-refractivity contribution in [2.45, 2.75) is 20.8 Å². The van der Waals surface area contributed by atoms with Gasteiger partial charge < -0.3 is 9.84 Å². The zero-order chi connectivity index (χ0) is 9.56. The third kappa shape index (κ3) is 2.74. The minimum Gasteiger partial charge on any atom is -0.361 e. The highest BCUT2D eigenvalue weighted by Crippen LogP contribution is 1.99. The first kappa shape index (κ1) is 10.7. The number of rotatable bonds is 1. The van der Waals surface area contributed by atoms with E-state index in [-0.39, 0.29) is 5.91 Å². The van der Waals surface area contributed by atoms with Crippen LogP contribution in [0.25, 0.3) is 0 Å². The van der Waals surface area contributed by atoms with Crippen LogP contribution >= 0.6 is 0 Å². The highest BCUT2D eigenvalue weighted by atomic mass is 16.5. The van der Waals surface area contributed by atoms with E-state index in [1.54, 1.807) is 20.0 Å². The summed E-state index contributed by atoms with van der Waals surface area (Å²) in [6, 6.07) is 1.58. The highest BCUT2D eigenvalue weighted by molar-refractivity contribution is 5.91. The van der Waals surface area contributed by atoms with Crippen LogP contribution < -0.4 is 5.32 Å². The second kappa shape index (κ2) is 5.35. The van der Waals surface area contributed by atoms with Crippen LogP contribution in [0, 0.1) is 6.92 Å². The van der Waals surface area contributed by atoms with E-state index in [1.165, 1.54) is 0 Å². The maximum absolute atomic E-state index is 10.8. The van der Waals surface area contributed by atoms with E-state index in [1.807, 2.05) is 13.8 Å². The largest absolute Gasteiger partial charge is 0.361 e. The summed E-state index contributed by atoms with van der Waals surface area (Å²) in [5.41, 5.74) is 0.319. The van der Waals surface area contributed by atoms with Gasteiger partial charge in [-0.25, -0.2) is 0 Å². The molecule has 0 unspecified atom stereocenters. The summed E-state index contributed by atoms with van der Waals surface area (Å²) in [7, 11) is 1.55. The average Bonchev–Trinajstić information content (AvgIpc) is 2.54. The molecule has 12 heavy (non-hydrogen) atoms. The number of aromatic nitrogens is 1. The van der Waals surface area contributed by atoms with Crippen molar-refractivity contribution >= 4 is 5.91 Å². The van der Waals surface area contributed by atoms with Gasteiger partial charge in [0, 0.05) is 13.1 Å². The molecule has 0 spiro atoms. The number of hydrogen-bond acceptors (Lipinski definition) is 3. The Morgan fingerprint density at radius 3 is 2.50 bits per heavy atom. The van der Waals surface area contributed by atoms with Crippen molar-refractivity contribution < 1.29 is 9.32 Å². The van der Waals surface area contributed by atoms with Gasteiger partial charge in [0.15, 0.2) is 5.69 Å². The molecule has 0 saturated carbocycles. The Morgan fingerprint density at radius 2 is 2.17 bits per heavy atom. The quantitative estimate of drug-likeness (QED) is 0.692. The molecule has 0 bridgehead atoms. The van der Waals surface area contributed by atoms with Crippen molar-refractivity contribution in [2.24, 2.45) is 0 Å². The molecule has 0 aliphatic heterocycles. The molecule has 68 valence electrons. The molecule has 1 aromatic rings. The summed E-state index contributed by atoms with van der Waals surface area (Å²) in [5.74, 6) is 0.412. The van der Waals surface area contributed by atoms with Crippen LogP contribution in [0.15, 0.2) is 10.6 Å². The molecule has 1 amide bonds. The molecule has 0 aliphatic rings. The van der Waals surface area contributed by atoms with Crippen molar-refractivity contribution in [3.05, 3.63) is 17.5 Å². The van der Waals surface area contributed by atoms with Crippen LogP contribution in [-0.4, -0.2) is 18.1 Å². The molecule has 0 radical (unpaired) electrons. The van der Waals surface area contributed by atoms with E-state index in [0.717, 1.165) is 0 Å². The summed E-state index contributed by atoms with van der Waals surface area (Å²) >= 11 is 0. The van der Waals surface area contributed by atoms with Gasteiger partial charge in [0.05, 0.1) is 0 Å². The van der Waals surface area contributed by atoms with Gasteiger partial charge in [-0.05, 0) is 6.92 Å². The van der Waals surface area contributed by atoms with Crippen LogP contribution in [-0.2, 0) is 0 Å². The Hall–Kier alpha value is -1.32. The summed E-state index contributed by atoms with van der Waals surface area (Å²) in [6.45, 7) is 5.74. The lowest BCUT2D eigenvalue weighted by Crippen LogP contribution is -2.17. The Balaban J connectivity index is 0.000000561. The number of nitrogens with zero attached hydrogens (tertiary/aromatic N) is 1. The Morgan fingerprint density at radius 1 is 1.58 bits per heavy atom. The number of hydrogen-bond donors (Lipinski definition) is 1. The van der Waals surface area contributed by atoms with Gasteiger partial charge in [0.25, 0.3) is 5.91 Å². The minimum atomic E-state index is -0.225. The van der Waals surface area contributed by atoms with Crippen LogP contribution in [0.3, 0.4) is 0 Å². The summed E-state index contributed by atoms with van der Waals surface area (Å²) < 4.78 is 4.68. The van der Waals surface area contributed by atoms with E-state index in [2.05, 4.69) is 15.0 Å². The van der Waals surface area contributed by atoms with Gasteiger partial charge in [-0.15, -0.1) is 0 Å². The maximum atomic E-state index is 10.8. The Labute approximate surface area is 71.9 Å². The maximum Gasteiger partial charge on any atom is 0.273 e. The van der Waals surface area contributed by atoms with Gasteiger partial charge in [0.1, 0.15) is 5.76 Å². The fourth-order valence-corrected chi connectivity index (χ4v) is 0.601. The fraction of sp³-hybridized carbons (Fsp3) is 0.500. The second-order valence-corrected chi connectivity index (χ2v) is 1.90. The molecule has 1 heterocycles. The van der Waals surface area contributed by atoms with Crippen molar-refractivity contribution in [1.82, 2.24) is 10.5 Å². The van der Waals surface area contributed by atoms with Crippen LogP contribution in [0.2, 0.25) is 0 Å². The van der Waals surface area contributed by atoms with E-state index >= 15 is 0 Å². The van der Waals surface area contributed by atoms with Crippen LogP contribution in [0.4, 0.5) is 0 Å². The minimum absolute atomic E-state index is 0.225. The van der Waals surface area contributed by atoms with Gasteiger partial charge in [-0.2, -0.15) is 0 Å². The number of carbonyl (C=O) groups is 1. The second-order valence-electron chi connectivity index (χ2n) is 1.90. The van der Waals surface area contributed by atoms with Crippen molar-refractivity contribution in [1.29, 1.82) is 0 Å². The normalized spacial score (nSPS) is 8.33. The first-order valence-corrected chi connectivity index (χ1v) is 3.89. The Bertz CT molecular complexity index is 243. The summed E-state index contributed by atoms with van der Waals surface area (Å²) in [6.07, 6.45) is 0. The molecule has 0 saturated heterocycles. The summed E-state index contributed by atoms with van der Waals surface area (Å²) in [4.78, 5) is 10.8. The van der Waals surface area contributed by atoms with Gasteiger partial charge >= 0.3 is 0 Å². The predicted octanol–water partition coefficient (Wildman–Crippen LogP) is 1.37. The van der Waals surface area contributed by atoms with Gasteiger partial charge in [-0.1, -0.05) is 19.0 Å². The molecule has 1 N–H and O–H groups in total. The van der Waals surface area contributed by atoms with Crippen molar-refractivity contribution in [3.8, 4) is 0 Å². The first-order chi connectivity index (χ1) is 5.74. The number of nitrogens with one attached hydrogen (secondary N) is 1. The molecule has 1 rings (SSSR count). The highest BCUT2D eigenvalue weighted by Gasteiger charge is 2.06. The molecular formula is C8H14N2O2. The lowest BCUT2D eigenvalue weighted by molar-refractivity contribution is 0.0954. The summed E-state index contributed by atoms with van der Waals surface area (Å²) in [5, 5.41) is 5.93. The van der Waals surface area contributed by atoms with Crippen LogP contribution in [0.1, 0.15) is 30.1 Å². The topological polar surface area (TPSA) is 55.1 Å². The Kier molecular flexibility index (Phi) is 4.76.